The number of nitrogens with one attached hydrogen (secondary N) is 2. The number of aromatic nitrogens is 2. The van der Waals surface area contributed by atoms with Gasteiger partial charge in [0.05, 0.1) is 18.8 Å². The SMILES string of the molecule is O=C(NCc1cccnn1)NCc1ccc(C(=O)O)o1. The van der Waals surface area contributed by atoms with E-state index in [4.69, 9.17) is 9.52 Å². The van der Waals surface area contributed by atoms with Gasteiger partial charge >= 0.3 is 12.0 Å². The van der Waals surface area contributed by atoms with Gasteiger partial charge in [0.2, 0.25) is 5.76 Å². The Hall–Kier alpha value is -2.90. The van der Waals surface area contributed by atoms with Crippen LogP contribution in [0.5, 0.6) is 0 Å². The maximum Gasteiger partial charge on any atom is 0.371 e. The summed E-state index contributed by atoms with van der Waals surface area (Å²) < 4.78 is 4.99. The highest BCUT2D eigenvalue weighted by atomic mass is 16.4. The van der Waals surface area contributed by atoms with Gasteiger partial charge in [-0.2, -0.15) is 10.2 Å². The Bertz CT molecular complexity index is 597. The van der Waals surface area contributed by atoms with E-state index in [9.17, 15) is 9.59 Å². The summed E-state index contributed by atoms with van der Waals surface area (Å²) in [4.78, 5) is 22.1. The van der Waals surface area contributed by atoms with E-state index in [0.29, 0.717) is 11.5 Å². The number of hydrogen-bond acceptors (Lipinski definition) is 5. The Morgan fingerprint density at radius 1 is 1.20 bits per heavy atom. The van der Waals surface area contributed by atoms with Crippen LogP contribution in [-0.2, 0) is 13.1 Å². The summed E-state index contributed by atoms with van der Waals surface area (Å²) in [6, 6.07) is 5.87. The van der Waals surface area contributed by atoms with E-state index in [1.807, 2.05) is 0 Å². The molecule has 104 valence electrons. The third-order valence-corrected chi connectivity index (χ3v) is 2.35. The smallest absolute Gasteiger partial charge is 0.371 e. The normalized spacial score (nSPS) is 10.0. The molecule has 2 rings (SSSR count). The first-order valence-electron chi connectivity index (χ1n) is 5.75. The molecule has 0 bridgehead atoms. The van der Waals surface area contributed by atoms with Gasteiger partial charge in [-0.05, 0) is 24.3 Å². The predicted octanol–water partition coefficient (Wildman–Crippen LogP) is 0.767. The number of amides is 2. The monoisotopic (exact) mass is 276 g/mol. The van der Waals surface area contributed by atoms with Crippen molar-refractivity contribution in [2.45, 2.75) is 13.1 Å². The first-order valence-corrected chi connectivity index (χ1v) is 5.75. The van der Waals surface area contributed by atoms with Crippen LogP contribution in [0.3, 0.4) is 0 Å². The second-order valence-electron chi connectivity index (χ2n) is 3.82. The van der Waals surface area contributed by atoms with Gasteiger partial charge < -0.3 is 20.2 Å². The fraction of sp³-hybridized carbons (Fsp3) is 0.167. The number of rotatable bonds is 5. The van der Waals surface area contributed by atoms with Crippen molar-refractivity contribution in [1.82, 2.24) is 20.8 Å². The lowest BCUT2D eigenvalue weighted by Gasteiger charge is -2.05. The van der Waals surface area contributed by atoms with Gasteiger partial charge in [-0.1, -0.05) is 0 Å². The number of aromatic carboxylic acids is 1. The summed E-state index contributed by atoms with van der Waals surface area (Å²) in [5, 5.41) is 21.3. The number of nitrogens with zero attached hydrogens (tertiary/aromatic N) is 2. The maximum atomic E-state index is 11.5. The number of carbonyl (C=O) groups excluding carboxylic acids is 1. The zero-order valence-corrected chi connectivity index (χ0v) is 10.4. The minimum absolute atomic E-state index is 0.0968. The van der Waals surface area contributed by atoms with Crippen LogP contribution in [0.15, 0.2) is 34.9 Å². The van der Waals surface area contributed by atoms with Crippen molar-refractivity contribution in [2.24, 2.45) is 0 Å². The van der Waals surface area contributed by atoms with Gasteiger partial charge in [0.15, 0.2) is 0 Å². The zero-order valence-electron chi connectivity index (χ0n) is 10.4. The minimum Gasteiger partial charge on any atom is -0.475 e. The molecular formula is C12H12N4O4. The highest BCUT2D eigenvalue weighted by Gasteiger charge is 2.09. The van der Waals surface area contributed by atoms with Crippen molar-refractivity contribution in [2.75, 3.05) is 0 Å². The molecule has 0 aromatic carbocycles. The van der Waals surface area contributed by atoms with E-state index in [2.05, 4.69) is 20.8 Å². The number of furan rings is 1. The van der Waals surface area contributed by atoms with Crippen LogP contribution in [-0.4, -0.2) is 27.3 Å². The van der Waals surface area contributed by atoms with Crippen LogP contribution in [0.1, 0.15) is 22.0 Å². The molecule has 20 heavy (non-hydrogen) atoms. The lowest BCUT2D eigenvalue weighted by molar-refractivity contribution is 0.0660. The third-order valence-electron chi connectivity index (χ3n) is 2.35. The van der Waals surface area contributed by atoms with Gasteiger partial charge in [0.1, 0.15) is 5.76 Å². The van der Waals surface area contributed by atoms with E-state index >= 15 is 0 Å². The highest BCUT2D eigenvalue weighted by molar-refractivity contribution is 5.84. The quantitative estimate of drug-likeness (QED) is 0.742. The second kappa shape index (κ2) is 6.32. The number of carboxylic acid groups (broad SMARTS) is 1. The predicted molar refractivity (Wildman–Crippen MR) is 66.8 cm³/mol. The molecule has 0 spiro atoms. The highest BCUT2D eigenvalue weighted by Crippen LogP contribution is 2.07. The van der Waals surface area contributed by atoms with Crippen LogP contribution in [0.25, 0.3) is 0 Å². The maximum absolute atomic E-state index is 11.5. The minimum atomic E-state index is -1.15. The van der Waals surface area contributed by atoms with Crippen LogP contribution in [0.4, 0.5) is 4.79 Å². The molecule has 2 aromatic rings. The molecule has 0 fully saturated rings. The van der Waals surface area contributed by atoms with Crippen molar-refractivity contribution < 1.29 is 19.1 Å². The molecule has 0 radical (unpaired) electrons. The number of hydrogen-bond donors (Lipinski definition) is 3. The van der Waals surface area contributed by atoms with Gasteiger partial charge in [-0.15, -0.1) is 0 Å². The Morgan fingerprint density at radius 3 is 2.65 bits per heavy atom. The topological polar surface area (TPSA) is 117 Å². The number of carboxylic acids is 1. The number of carbonyl (C=O) groups is 2. The molecule has 2 amide bonds. The molecule has 8 nitrogen and oxygen atoms in total. The molecule has 2 heterocycles. The Morgan fingerprint density at radius 2 is 2.00 bits per heavy atom. The van der Waals surface area contributed by atoms with Gasteiger partial charge in [-0.3, -0.25) is 0 Å². The number of urea groups is 1. The zero-order chi connectivity index (χ0) is 14.4. The van der Waals surface area contributed by atoms with Crippen LogP contribution in [0, 0.1) is 0 Å². The lowest BCUT2D eigenvalue weighted by Crippen LogP contribution is -2.34. The fourth-order valence-corrected chi connectivity index (χ4v) is 1.42. The summed E-state index contributed by atoms with van der Waals surface area (Å²) in [5.41, 5.74) is 0.633. The summed E-state index contributed by atoms with van der Waals surface area (Å²) in [6.07, 6.45) is 1.54. The van der Waals surface area contributed by atoms with E-state index in [1.165, 1.54) is 12.1 Å². The lowest BCUT2D eigenvalue weighted by atomic mass is 10.4. The molecular weight excluding hydrogens is 264 g/mol. The Balaban J connectivity index is 1.76. The Labute approximate surface area is 113 Å². The van der Waals surface area contributed by atoms with Crippen LogP contribution >= 0.6 is 0 Å². The largest absolute Gasteiger partial charge is 0.475 e. The standard InChI is InChI=1S/C12H12N4O4/c17-11(18)10-4-3-9(20-10)7-14-12(19)13-6-8-2-1-5-15-16-8/h1-5H,6-7H2,(H,17,18)(H2,13,14,19). The molecule has 0 aliphatic carbocycles. The van der Waals surface area contributed by atoms with Gasteiger partial charge in [0, 0.05) is 6.20 Å². The van der Waals surface area contributed by atoms with Crippen molar-refractivity contribution in [3.63, 3.8) is 0 Å². The van der Waals surface area contributed by atoms with Crippen LogP contribution in [0.2, 0.25) is 0 Å². The van der Waals surface area contributed by atoms with E-state index < -0.39 is 12.0 Å². The molecule has 0 aliphatic heterocycles. The third kappa shape index (κ3) is 3.80. The second-order valence-corrected chi connectivity index (χ2v) is 3.82. The average molecular weight is 276 g/mol. The van der Waals surface area contributed by atoms with E-state index in [0.717, 1.165) is 0 Å². The molecule has 8 heteroatoms. The van der Waals surface area contributed by atoms with Crippen molar-refractivity contribution in [3.05, 3.63) is 47.7 Å². The summed E-state index contributed by atoms with van der Waals surface area (Å²) in [6.45, 7) is 0.345. The van der Waals surface area contributed by atoms with Crippen molar-refractivity contribution in [1.29, 1.82) is 0 Å². The first-order chi connectivity index (χ1) is 9.65. The Kier molecular flexibility index (Phi) is 4.28. The molecule has 0 atom stereocenters. The molecule has 3 N–H and O–H groups in total. The van der Waals surface area contributed by atoms with Gasteiger partial charge in [-0.25, -0.2) is 9.59 Å². The molecule has 0 saturated heterocycles. The summed E-state index contributed by atoms with van der Waals surface area (Å²) in [5.74, 6) is -0.956. The fourth-order valence-electron chi connectivity index (χ4n) is 1.42. The molecule has 0 saturated carbocycles. The van der Waals surface area contributed by atoms with Crippen molar-refractivity contribution in [3.8, 4) is 0 Å². The van der Waals surface area contributed by atoms with Gasteiger partial charge in [0.25, 0.3) is 0 Å². The molecule has 0 unspecified atom stereocenters. The molecule has 2 aromatic heterocycles. The molecule has 0 aliphatic rings. The summed E-state index contributed by atoms with van der Waals surface area (Å²) in [7, 11) is 0. The van der Waals surface area contributed by atoms with E-state index in [-0.39, 0.29) is 18.8 Å². The average Bonchev–Trinajstić information content (AvgIpc) is 2.93. The summed E-state index contributed by atoms with van der Waals surface area (Å²) >= 11 is 0. The van der Waals surface area contributed by atoms with Crippen LogP contribution < -0.4 is 10.6 Å². The van der Waals surface area contributed by atoms with E-state index in [1.54, 1.807) is 18.3 Å². The van der Waals surface area contributed by atoms with Crippen molar-refractivity contribution >= 4 is 12.0 Å². The first kappa shape index (κ1) is 13.5.